The Balaban J connectivity index is 1.94. The average Bonchev–Trinajstić information content (AvgIpc) is 3.20. The molecule has 5 heteroatoms. The molecule has 4 nitrogen and oxygen atoms in total. The van der Waals surface area contributed by atoms with Gasteiger partial charge in [-0.1, -0.05) is 31.0 Å². The number of hydrogen-bond acceptors (Lipinski definition) is 3. The van der Waals surface area contributed by atoms with Gasteiger partial charge in [-0.2, -0.15) is 0 Å². The molecule has 2 aromatic rings. The number of hydrogen-bond donors (Lipinski definition) is 2. The summed E-state index contributed by atoms with van der Waals surface area (Å²) >= 11 is 0. The predicted octanol–water partition coefficient (Wildman–Crippen LogP) is 2.89. The van der Waals surface area contributed by atoms with Gasteiger partial charge >= 0.3 is 0 Å². The van der Waals surface area contributed by atoms with Crippen LogP contribution in [0.5, 0.6) is 0 Å². The van der Waals surface area contributed by atoms with Gasteiger partial charge in [-0.15, -0.1) is 0 Å². The standard InChI is InChI=1S/C16H20N2O2S/c1-11(9-12-5-6-12)18-21(19,20)16-4-2-3-13-10-14(17)7-8-15(13)16/h2-4,7-8,10-12,18H,5-6,9,17H2,1H3. The second-order valence-electron chi connectivity index (χ2n) is 5.94. The highest BCUT2D eigenvalue weighted by Gasteiger charge is 2.26. The highest BCUT2D eigenvalue weighted by atomic mass is 32.2. The van der Waals surface area contributed by atoms with Gasteiger partial charge in [0, 0.05) is 17.1 Å². The SMILES string of the molecule is CC(CC1CC1)NS(=O)(=O)c1cccc2cc(N)ccc12. The minimum Gasteiger partial charge on any atom is -0.399 e. The highest BCUT2D eigenvalue weighted by molar-refractivity contribution is 7.89. The van der Waals surface area contributed by atoms with Crippen molar-refractivity contribution in [3.63, 3.8) is 0 Å². The molecule has 0 amide bonds. The van der Waals surface area contributed by atoms with Crippen molar-refractivity contribution in [2.45, 2.75) is 37.1 Å². The normalized spacial score (nSPS) is 17.0. The lowest BCUT2D eigenvalue weighted by atomic mass is 10.1. The number of fused-ring (bicyclic) bond motifs is 1. The number of sulfonamides is 1. The van der Waals surface area contributed by atoms with Crippen LogP contribution in [0.25, 0.3) is 10.8 Å². The zero-order chi connectivity index (χ0) is 15.0. The van der Waals surface area contributed by atoms with Gasteiger partial charge in [-0.25, -0.2) is 13.1 Å². The lowest BCUT2D eigenvalue weighted by molar-refractivity contribution is 0.530. The molecule has 1 aliphatic carbocycles. The number of nitrogen functional groups attached to an aromatic ring is 1. The van der Waals surface area contributed by atoms with Crippen LogP contribution < -0.4 is 10.5 Å². The summed E-state index contributed by atoms with van der Waals surface area (Å²) < 4.78 is 28.0. The molecule has 0 aromatic heterocycles. The van der Waals surface area contributed by atoms with Crippen molar-refractivity contribution < 1.29 is 8.42 Å². The molecule has 0 saturated heterocycles. The fraction of sp³-hybridized carbons (Fsp3) is 0.375. The molecule has 0 radical (unpaired) electrons. The molecular weight excluding hydrogens is 284 g/mol. The predicted molar refractivity (Wildman–Crippen MR) is 85.5 cm³/mol. The summed E-state index contributed by atoms with van der Waals surface area (Å²) in [5.41, 5.74) is 6.39. The Hall–Kier alpha value is -1.59. The molecule has 3 N–H and O–H groups in total. The van der Waals surface area contributed by atoms with E-state index in [4.69, 9.17) is 5.73 Å². The molecule has 0 spiro atoms. The van der Waals surface area contributed by atoms with Crippen LogP contribution in [0.15, 0.2) is 41.3 Å². The van der Waals surface area contributed by atoms with Crippen molar-refractivity contribution in [3.05, 3.63) is 36.4 Å². The Morgan fingerprint density at radius 1 is 1.29 bits per heavy atom. The number of nitrogens with two attached hydrogens (primary N) is 1. The van der Waals surface area contributed by atoms with Crippen molar-refractivity contribution in [1.29, 1.82) is 0 Å². The van der Waals surface area contributed by atoms with Gasteiger partial charge < -0.3 is 5.73 Å². The molecule has 0 heterocycles. The quantitative estimate of drug-likeness (QED) is 0.834. The minimum atomic E-state index is -3.51. The van der Waals surface area contributed by atoms with Gasteiger partial charge in [-0.05, 0) is 42.8 Å². The Morgan fingerprint density at radius 2 is 2.05 bits per heavy atom. The minimum absolute atomic E-state index is 0.0356. The van der Waals surface area contributed by atoms with Gasteiger partial charge in [0.2, 0.25) is 10.0 Å². The van der Waals surface area contributed by atoms with Gasteiger partial charge in [0.15, 0.2) is 0 Å². The number of rotatable bonds is 5. The summed E-state index contributed by atoms with van der Waals surface area (Å²) in [5.74, 6) is 0.690. The van der Waals surface area contributed by atoms with Crippen LogP contribution in [0.4, 0.5) is 5.69 Å². The second kappa shape index (κ2) is 5.31. The molecule has 112 valence electrons. The van der Waals surface area contributed by atoms with Crippen LogP contribution in [-0.4, -0.2) is 14.5 Å². The molecule has 1 saturated carbocycles. The van der Waals surface area contributed by atoms with Gasteiger partial charge in [0.05, 0.1) is 4.90 Å². The molecule has 0 bridgehead atoms. The third-order valence-electron chi connectivity index (χ3n) is 3.89. The first kappa shape index (κ1) is 14.4. The summed E-state index contributed by atoms with van der Waals surface area (Å²) in [6, 6.07) is 10.5. The topological polar surface area (TPSA) is 72.2 Å². The maximum Gasteiger partial charge on any atom is 0.241 e. The molecular formula is C16H20N2O2S. The summed E-state index contributed by atoms with van der Waals surface area (Å²) in [6.07, 6.45) is 3.36. The van der Waals surface area contributed by atoms with Crippen molar-refractivity contribution in [2.75, 3.05) is 5.73 Å². The van der Waals surface area contributed by atoms with Crippen LogP contribution >= 0.6 is 0 Å². The third kappa shape index (κ3) is 3.19. The molecule has 1 fully saturated rings. The first-order chi connectivity index (χ1) is 9.95. The Labute approximate surface area is 125 Å². The van der Waals surface area contributed by atoms with Crippen molar-refractivity contribution in [2.24, 2.45) is 5.92 Å². The first-order valence-electron chi connectivity index (χ1n) is 7.26. The van der Waals surface area contributed by atoms with Crippen molar-refractivity contribution >= 4 is 26.5 Å². The van der Waals surface area contributed by atoms with Crippen LogP contribution in [0, 0.1) is 5.92 Å². The number of anilines is 1. The van der Waals surface area contributed by atoms with Crippen LogP contribution in [-0.2, 0) is 10.0 Å². The number of nitrogens with one attached hydrogen (secondary N) is 1. The van der Waals surface area contributed by atoms with Gasteiger partial charge in [0.1, 0.15) is 0 Å². The fourth-order valence-electron chi connectivity index (χ4n) is 2.74. The van der Waals surface area contributed by atoms with E-state index in [1.807, 2.05) is 13.0 Å². The monoisotopic (exact) mass is 304 g/mol. The molecule has 3 rings (SSSR count). The van der Waals surface area contributed by atoms with Crippen molar-refractivity contribution in [1.82, 2.24) is 4.72 Å². The average molecular weight is 304 g/mol. The maximum atomic E-state index is 12.6. The van der Waals surface area contributed by atoms with E-state index >= 15 is 0 Å². The Morgan fingerprint density at radius 3 is 2.76 bits per heavy atom. The summed E-state index contributed by atoms with van der Waals surface area (Å²) in [6.45, 7) is 1.93. The molecule has 1 atom stereocenters. The summed E-state index contributed by atoms with van der Waals surface area (Å²) in [4.78, 5) is 0.322. The molecule has 1 unspecified atom stereocenters. The zero-order valence-electron chi connectivity index (χ0n) is 12.0. The Kier molecular flexibility index (Phi) is 3.63. The van der Waals surface area contributed by atoms with Gasteiger partial charge in [-0.3, -0.25) is 0 Å². The van der Waals surface area contributed by atoms with Crippen LogP contribution in [0.1, 0.15) is 26.2 Å². The lowest BCUT2D eigenvalue weighted by Crippen LogP contribution is -2.33. The van der Waals surface area contributed by atoms with Crippen LogP contribution in [0.3, 0.4) is 0 Å². The number of benzene rings is 2. The van der Waals surface area contributed by atoms with E-state index in [1.165, 1.54) is 12.8 Å². The summed E-state index contributed by atoms with van der Waals surface area (Å²) in [5, 5.41) is 1.55. The Bertz CT molecular complexity index is 767. The zero-order valence-corrected chi connectivity index (χ0v) is 12.9. The molecule has 1 aliphatic rings. The van der Waals surface area contributed by atoms with E-state index in [0.717, 1.165) is 11.8 Å². The van der Waals surface area contributed by atoms with E-state index in [2.05, 4.69) is 4.72 Å². The smallest absolute Gasteiger partial charge is 0.241 e. The van der Waals surface area contributed by atoms with E-state index in [0.29, 0.717) is 21.9 Å². The van der Waals surface area contributed by atoms with Crippen LogP contribution in [0.2, 0.25) is 0 Å². The van der Waals surface area contributed by atoms with E-state index in [-0.39, 0.29) is 6.04 Å². The van der Waals surface area contributed by atoms with Gasteiger partial charge in [0.25, 0.3) is 0 Å². The van der Waals surface area contributed by atoms with Crippen molar-refractivity contribution in [3.8, 4) is 0 Å². The van der Waals surface area contributed by atoms with E-state index in [1.54, 1.807) is 30.3 Å². The molecule has 2 aromatic carbocycles. The summed E-state index contributed by atoms with van der Waals surface area (Å²) in [7, 11) is -3.51. The largest absolute Gasteiger partial charge is 0.399 e. The molecule has 0 aliphatic heterocycles. The fourth-order valence-corrected chi connectivity index (χ4v) is 4.22. The third-order valence-corrected chi connectivity index (χ3v) is 5.54. The first-order valence-corrected chi connectivity index (χ1v) is 8.74. The van der Waals surface area contributed by atoms with E-state index < -0.39 is 10.0 Å². The lowest BCUT2D eigenvalue weighted by Gasteiger charge is -2.15. The van der Waals surface area contributed by atoms with E-state index in [9.17, 15) is 8.42 Å². The maximum absolute atomic E-state index is 12.6. The second-order valence-corrected chi connectivity index (χ2v) is 7.62. The highest BCUT2D eigenvalue weighted by Crippen LogP contribution is 2.34. The molecule has 21 heavy (non-hydrogen) atoms.